The molecule has 0 rings (SSSR count). The predicted octanol–water partition coefficient (Wildman–Crippen LogP) is 15.7. The number of rotatable bonds is 44. The van der Waals surface area contributed by atoms with Crippen molar-refractivity contribution >= 4 is 11.9 Å². The van der Waals surface area contributed by atoms with Gasteiger partial charge in [-0.05, 0) is 51.4 Å². The fourth-order valence-corrected chi connectivity index (χ4v) is 7.02. The summed E-state index contributed by atoms with van der Waals surface area (Å²) in [7, 11) is 0. The highest BCUT2D eigenvalue weighted by Gasteiger charge is 2.16. The van der Waals surface area contributed by atoms with Crippen LogP contribution in [0.1, 0.15) is 245 Å². The summed E-state index contributed by atoms with van der Waals surface area (Å²) >= 11 is 0. The molecule has 0 fully saturated rings. The van der Waals surface area contributed by atoms with Crippen LogP contribution in [-0.2, 0) is 19.1 Å². The van der Waals surface area contributed by atoms with Crippen molar-refractivity contribution in [3.63, 3.8) is 0 Å². The van der Waals surface area contributed by atoms with Crippen molar-refractivity contribution in [1.82, 2.24) is 0 Å². The van der Waals surface area contributed by atoms with Crippen LogP contribution in [0.4, 0.5) is 0 Å². The largest absolute Gasteiger partial charge is 0.462 e. The number of carbonyl (C=O) groups is 2. The normalized spacial score (nSPS) is 12.6. The van der Waals surface area contributed by atoms with Crippen molar-refractivity contribution in [2.24, 2.45) is 0 Å². The number of ether oxygens (including phenoxy) is 2. The standard InChI is InChI=1S/C51H92O5/c1-3-5-7-9-11-13-15-16-17-18-19-20-21-22-23-24-25-26-27-28-29-30-31-32-33-34-36-38-40-42-44-46-51(54)56-49(47-52)48-55-50(53)45-43-41-39-37-35-14-12-10-8-6-4-2/h5,7,11,13,16-17,19-20,49,52H,3-4,6,8-10,12,14-15,18,21-48H2,1-2H3/b7-5-,13-11-,17-16-,20-19-. The number of aliphatic hydroxyl groups is 1. The van der Waals surface area contributed by atoms with Gasteiger partial charge < -0.3 is 14.6 Å². The fourth-order valence-electron chi connectivity index (χ4n) is 7.02. The van der Waals surface area contributed by atoms with Gasteiger partial charge in [-0.15, -0.1) is 0 Å². The van der Waals surface area contributed by atoms with Crippen LogP contribution in [0.5, 0.6) is 0 Å². The van der Waals surface area contributed by atoms with Gasteiger partial charge >= 0.3 is 11.9 Å². The van der Waals surface area contributed by atoms with Gasteiger partial charge in [0.25, 0.3) is 0 Å². The summed E-state index contributed by atoms with van der Waals surface area (Å²) in [6.45, 7) is 4.03. The molecule has 0 aromatic rings. The second-order valence-electron chi connectivity index (χ2n) is 16.2. The maximum Gasteiger partial charge on any atom is 0.306 e. The molecular formula is C51H92O5. The van der Waals surface area contributed by atoms with Crippen LogP contribution in [0.3, 0.4) is 0 Å². The van der Waals surface area contributed by atoms with E-state index in [9.17, 15) is 14.7 Å². The number of hydrogen-bond acceptors (Lipinski definition) is 5. The average molecular weight is 785 g/mol. The Balaban J connectivity index is 3.43. The van der Waals surface area contributed by atoms with Crippen LogP contribution in [0.25, 0.3) is 0 Å². The Hall–Kier alpha value is -2.14. The zero-order chi connectivity index (χ0) is 40.7. The summed E-state index contributed by atoms with van der Waals surface area (Å²) < 4.78 is 10.6. The molecule has 0 aliphatic rings. The summed E-state index contributed by atoms with van der Waals surface area (Å²) in [5.74, 6) is -0.582. The lowest BCUT2D eigenvalue weighted by atomic mass is 10.0. The Morgan fingerprint density at radius 3 is 1.16 bits per heavy atom. The smallest absolute Gasteiger partial charge is 0.306 e. The maximum atomic E-state index is 12.2. The third-order valence-corrected chi connectivity index (χ3v) is 10.6. The van der Waals surface area contributed by atoms with Crippen molar-refractivity contribution in [3.8, 4) is 0 Å². The number of unbranched alkanes of at least 4 members (excludes halogenated alkanes) is 28. The first-order valence-electron chi connectivity index (χ1n) is 24.2. The first-order chi connectivity index (χ1) is 27.6. The first kappa shape index (κ1) is 53.9. The van der Waals surface area contributed by atoms with Gasteiger partial charge in [-0.1, -0.05) is 229 Å². The molecule has 56 heavy (non-hydrogen) atoms. The fraction of sp³-hybridized carbons (Fsp3) is 0.804. The van der Waals surface area contributed by atoms with Crippen LogP contribution >= 0.6 is 0 Å². The van der Waals surface area contributed by atoms with E-state index in [2.05, 4.69) is 62.5 Å². The van der Waals surface area contributed by atoms with E-state index in [-0.39, 0.29) is 25.2 Å². The highest BCUT2D eigenvalue weighted by Crippen LogP contribution is 2.16. The van der Waals surface area contributed by atoms with Crippen LogP contribution in [-0.4, -0.2) is 36.4 Å². The monoisotopic (exact) mass is 785 g/mol. The van der Waals surface area contributed by atoms with Gasteiger partial charge in [0.15, 0.2) is 6.10 Å². The van der Waals surface area contributed by atoms with E-state index in [1.807, 2.05) is 0 Å². The number of hydrogen-bond donors (Lipinski definition) is 1. The Labute approximate surface area is 348 Å². The molecule has 0 saturated carbocycles. The highest BCUT2D eigenvalue weighted by molar-refractivity contribution is 5.70. The van der Waals surface area contributed by atoms with Crippen molar-refractivity contribution in [1.29, 1.82) is 0 Å². The third kappa shape index (κ3) is 44.6. The second kappa shape index (κ2) is 47.2. The lowest BCUT2D eigenvalue weighted by Gasteiger charge is -2.15. The Kier molecular flexibility index (Phi) is 45.4. The number of esters is 2. The molecule has 0 heterocycles. The van der Waals surface area contributed by atoms with Gasteiger partial charge in [-0.25, -0.2) is 0 Å². The van der Waals surface area contributed by atoms with Gasteiger partial charge in [-0.2, -0.15) is 0 Å². The molecule has 0 aromatic carbocycles. The lowest BCUT2D eigenvalue weighted by molar-refractivity contribution is -0.161. The minimum absolute atomic E-state index is 0.0614. The zero-order valence-electron chi connectivity index (χ0n) is 37.1. The number of carbonyl (C=O) groups excluding carboxylic acids is 2. The van der Waals surface area contributed by atoms with Gasteiger partial charge in [0.1, 0.15) is 6.61 Å². The van der Waals surface area contributed by atoms with Gasteiger partial charge in [0, 0.05) is 12.8 Å². The molecule has 0 amide bonds. The van der Waals surface area contributed by atoms with Crippen LogP contribution in [0.2, 0.25) is 0 Å². The van der Waals surface area contributed by atoms with E-state index in [0.717, 1.165) is 64.2 Å². The molecule has 0 saturated heterocycles. The number of aliphatic hydroxyl groups excluding tert-OH is 1. The molecule has 0 aliphatic carbocycles. The van der Waals surface area contributed by atoms with Gasteiger partial charge in [0.05, 0.1) is 6.61 Å². The van der Waals surface area contributed by atoms with E-state index in [4.69, 9.17) is 9.47 Å². The van der Waals surface area contributed by atoms with Crippen molar-refractivity contribution < 1.29 is 24.2 Å². The van der Waals surface area contributed by atoms with Crippen molar-refractivity contribution in [3.05, 3.63) is 48.6 Å². The SMILES string of the molecule is CC/C=C\C/C=C\C/C=C\C/C=C\CCCCCCCCCCCCCCCCCCCCC(=O)OC(CO)COC(=O)CCCCCCCCCCCCC. The molecule has 1 atom stereocenters. The first-order valence-corrected chi connectivity index (χ1v) is 24.2. The van der Waals surface area contributed by atoms with E-state index >= 15 is 0 Å². The molecule has 326 valence electrons. The minimum atomic E-state index is -0.767. The van der Waals surface area contributed by atoms with E-state index in [0.29, 0.717) is 12.8 Å². The topological polar surface area (TPSA) is 72.8 Å². The Morgan fingerprint density at radius 1 is 0.429 bits per heavy atom. The zero-order valence-corrected chi connectivity index (χ0v) is 37.1. The summed E-state index contributed by atoms with van der Waals surface area (Å²) in [4.78, 5) is 24.3. The molecule has 0 aromatic heterocycles. The molecule has 0 radical (unpaired) electrons. The molecule has 1 unspecified atom stereocenters. The molecule has 1 N–H and O–H groups in total. The molecule has 5 nitrogen and oxygen atoms in total. The average Bonchev–Trinajstić information content (AvgIpc) is 3.20. The number of allylic oxidation sites excluding steroid dienone is 8. The molecule has 0 spiro atoms. The third-order valence-electron chi connectivity index (χ3n) is 10.6. The van der Waals surface area contributed by atoms with Crippen molar-refractivity contribution in [2.45, 2.75) is 251 Å². The maximum absolute atomic E-state index is 12.2. The molecular weight excluding hydrogens is 693 g/mol. The van der Waals surface area contributed by atoms with Crippen LogP contribution in [0.15, 0.2) is 48.6 Å². The van der Waals surface area contributed by atoms with Crippen molar-refractivity contribution in [2.75, 3.05) is 13.2 Å². The lowest BCUT2D eigenvalue weighted by Crippen LogP contribution is -2.28. The molecule has 0 aliphatic heterocycles. The minimum Gasteiger partial charge on any atom is -0.462 e. The van der Waals surface area contributed by atoms with Crippen LogP contribution in [0, 0.1) is 0 Å². The molecule has 0 bridgehead atoms. The second-order valence-corrected chi connectivity index (χ2v) is 16.2. The summed E-state index contributed by atoms with van der Waals surface area (Å²) in [6, 6.07) is 0. The summed E-state index contributed by atoms with van der Waals surface area (Å²) in [5, 5.41) is 9.58. The van der Waals surface area contributed by atoms with E-state index < -0.39 is 6.10 Å². The summed E-state index contributed by atoms with van der Waals surface area (Å²) in [6.07, 6.45) is 60.7. The van der Waals surface area contributed by atoms with Gasteiger partial charge in [-0.3, -0.25) is 9.59 Å². The highest BCUT2D eigenvalue weighted by atomic mass is 16.6. The Bertz CT molecular complexity index is 935. The van der Waals surface area contributed by atoms with E-state index in [1.165, 1.54) is 154 Å². The van der Waals surface area contributed by atoms with E-state index in [1.54, 1.807) is 0 Å². The van der Waals surface area contributed by atoms with Crippen LogP contribution < -0.4 is 0 Å². The Morgan fingerprint density at radius 2 is 0.768 bits per heavy atom. The molecule has 5 heteroatoms. The quantitative estimate of drug-likeness (QED) is 0.0378. The van der Waals surface area contributed by atoms with Gasteiger partial charge in [0.2, 0.25) is 0 Å². The predicted molar refractivity (Wildman–Crippen MR) is 242 cm³/mol. The summed E-state index contributed by atoms with van der Waals surface area (Å²) in [5.41, 5.74) is 0.